The summed E-state index contributed by atoms with van der Waals surface area (Å²) < 4.78 is 0. The minimum absolute atomic E-state index is 0. The van der Waals surface area contributed by atoms with Crippen molar-refractivity contribution < 1.29 is 0 Å². The van der Waals surface area contributed by atoms with Crippen molar-refractivity contribution in [1.29, 1.82) is 0 Å². The number of benzene rings is 1. The van der Waals surface area contributed by atoms with E-state index in [-0.39, 0.29) is 24.0 Å². The zero-order valence-corrected chi connectivity index (χ0v) is 18.8. The van der Waals surface area contributed by atoms with Crippen LogP contribution in [-0.4, -0.2) is 31.1 Å². The van der Waals surface area contributed by atoms with Crippen LogP contribution in [-0.2, 0) is 12.8 Å². The van der Waals surface area contributed by atoms with E-state index >= 15 is 0 Å². The monoisotopic (exact) mass is 492 g/mol. The largest absolute Gasteiger partial charge is 0.356 e. The van der Waals surface area contributed by atoms with Gasteiger partial charge in [-0.1, -0.05) is 37.6 Å². The molecule has 4 nitrogen and oxygen atoms in total. The van der Waals surface area contributed by atoms with Gasteiger partial charge in [0, 0.05) is 42.9 Å². The zero-order chi connectivity index (χ0) is 17.4. The molecule has 2 aromatic rings. The molecule has 0 saturated heterocycles. The Labute approximate surface area is 176 Å². The van der Waals surface area contributed by atoms with Crippen LogP contribution in [0.5, 0.6) is 0 Å². The molecule has 0 aliphatic heterocycles. The summed E-state index contributed by atoms with van der Waals surface area (Å²) in [5, 5.41) is 10.8. The molecule has 2 rings (SSSR count). The predicted octanol–water partition coefficient (Wildman–Crippen LogP) is 4.49. The van der Waals surface area contributed by atoms with E-state index in [1.54, 1.807) is 18.4 Å². The smallest absolute Gasteiger partial charge is 0.190 e. The van der Waals surface area contributed by atoms with Crippen LogP contribution in [0, 0.1) is 0 Å². The Morgan fingerprint density at radius 1 is 1.16 bits per heavy atom. The van der Waals surface area contributed by atoms with E-state index in [9.17, 15) is 0 Å². The molecular formula is C18H26ClIN4S. The normalized spacial score (nSPS) is 11.3. The highest BCUT2D eigenvalue weighted by molar-refractivity contribution is 14.0. The van der Waals surface area contributed by atoms with Crippen LogP contribution in [0.15, 0.2) is 34.6 Å². The maximum absolute atomic E-state index is 5.90. The lowest BCUT2D eigenvalue weighted by molar-refractivity contribution is 0.771. The third-order valence-electron chi connectivity index (χ3n) is 3.58. The van der Waals surface area contributed by atoms with Crippen LogP contribution in [0.4, 0.5) is 0 Å². The molecule has 1 aromatic carbocycles. The molecule has 0 aliphatic carbocycles. The van der Waals surface area contributed by atoms with Crippen LogP contribution < -0.4 is 10.6 Å². The minimum atomic E-state index is 0. The summed E-state index contributed by atoms with van der Waals surface area (Å²) in [6, 6.07) is 7.94. The van der Waals surface area contributed by atoms with Crippen molar-refractivity contribution >= 4 is 52.9 Å². The van der Waals surface area contributed by atoms with E-state index in [1.807, 2.05) is 12.1 Å². The quantitative estimate of drug-likeness (QED) is 0.340. The Bertz CT molecular complexity index is 655. The van der Waals surface area contributed by atoms with Crippen LogP contribution in [0.3, 0.4) is 0 Å². The molecule has 0 atom stereocenters. The first-order valence-electron chi connectivity index (χ1n) is 8.21. The van der Waals surface area contributed by atoms with E-state index in [2.05, 4.69) is 52.0 Å². The Kier molecular flexibility index (Phi) is 10.4. The summed E-state index contributed by atoms with van der Waals surface area (Å²) in [5.74, 6) is 1.32. The fourth-order valence-electron chi connectivity index (χ4n) is 2.21. The van der Waals surface area contributed by atoms with Gasteiger partial charge >= 0.3 is 0 Å². The van der Waals surface area contributed by atoms with Crippen molar-refractivity contribution in [3.05, 3.63) is 50.9 Å². The van der Waals surface area contributed by atoms with Crippen LogP contribution >= 0.6 is 46.9 Å². The zero-order valence-electron chi connectivity index (χ0n) is 14.9. The number of thiazole rings is 1. The maximum atomic E-state index is 5.90. The third-order valence-corrected chi connectivity index (χ3v) is 5.03. The van der Waals surface area contributed by atoms with Gasteiger partial charge in [-0.15, -0.1) is 35.3 Å². The van der Waals surface area contributed by atoms with E-state index < -0.39 is 0 Å². The average molecular weight is 493 g/mol. The van der Waals surface area contributed by atoms with Crippen LogP contribution in [0.25, 0.3) is 0 Å². The molecule has 0 amide bonds. The number of aliphatic imine (C=N–C) groups is 1. The fraction of sp³-hybridized carbons (Fsp3) is 0.444. The van der Waals surface area contributed by atoms with Gasteiger partial charge in [0.2, 0.25) is 0 Å². The Morgan fingerprint density at radius 3 is 2.36 bits per heavy atom. The summed E-state index contributed by atoms with van der Waals surface area (Å²) in [5.41, 5.74) is 2.40. The molecule has 1 aromatic heterocycles. The van der Waals surface area contributed by atoms with Gasteiger partial charge in [-0.25, -0.2) is 4.98 Å². The van der Waals surface area contributed by atoms with Crippen molar-refractivity contribution in [2.75, 3.05) is 20.1 Å². The molecular weight excluding hydrogens is 467 g/mol. The van der Waals surface area contributed by atoms with Gasteiger partial charge in [0.1, 0.15) is 0 Å². The molecule has 25 heavy (non-hydrogen) atoms. The second-order valence-electron chi connectivity index (χ2n) is 5.88. The van der Waals surface area contributed by atoms with Gasteiger partial charge < -0.3 is 10.6 Å². The maximum Gasteiger partial charge on any atom is 0.190 e. The van der Waals surface area contributed by atoms with E-state index in [0.29, 0.717) is 5.92 Å². The number of hydrogen-bond donors (Lipinski definition) is 2. The molecule has 0 bridgehead atoms. The molecule has 0 fully saturated rings. The summed E-state index contributed by atoms with van der Waals surface area (Å²) in [6.07, 6.45) is 1.84. The van der Waals surface area contributed by atoms with Gasteiger partial charge in [-0.2, -0.15) is 0 Å². The summed E-state index contributed by atoms with van der Waals surface area (Å²) in [6.45, 7) is 6.00. The predicted molar refractivity (Wildman–Crippen MR) is 120 cm³/mol. The number of aromatic nitrogens is 1. The number of nitrogens with zero attached hydrogens (tertiary/aromatic N) is 2. The lowest BCUT2D eigenvalue weighted by atomic mass is 10.1. The Balaban J connectivity index is 0.00000312. The van der Waals surface area contributed by atoms with Crippen molar-refractivity contribution in [3.63, 3.8) is 0 Å². The average Bonchev–Trinajstić information content (AvgIpc) is 3.04. The van der Waals surface area contributed by atoms with Crippen LogP contribution in [0.1, 0.15) is 36.0 Å². The number of nitrogens with one attached hydrogen (secondary N) is 2. The lowest BCUT2D eigenvalue weighted by Crippen LogP contribution is -2.39. The first-order valence-corrected chi connectivity index (χ1v) is 9.47. The topological polar surface area (TPSA) is 49.3 Å². The molecule has 2 N–H and O–H groups in total. The highest BCUT2D eigenvalue weighted by Gasteiger charge is 2.06. The standard InChI is InChI=1S/C18H25ClN4S.HI/c1-13(2)17-23-16(12-24-17)9-11-22-18(20-3)21-10-8-14-4-6-15(19)7-5-14;/h4-7,12-13H,8-11H2,1-3H3,(H2,20,21,22);1H. The summed E-state index contributed by atoms with van der Waals surface area (Å²) >= 11 is 7.64. The van der Waals surface area contributed by atoms with Gasteiger partial charge in [-0.3, -0.25) is 4.99 Å². The lowest BCUT2D eigenvalue weighted by Gasteiger charge is -2.11. The second kappa shape index (κ2) is 11.7. The molecule has 0 spiro atoms. The Morgan fingerprint density at radius 2 is 1.80 bits per heavy atom. The SMILES string of the molecule is CN=C(NCCc1ccc(Cl)cc1)NCCc1csc(C(C)C)n1.I. The van der Waals surface area contributed by atoms with E-state index in [1.165, 1.54) is 10.6 Å². The van der Waals surface area contributed by atoms with Gasteiger partial charge in [0.15, 0.2) is 5.96 Å². The molecule has 0 radical (unpaired) electrons. The van der Waals surface area contributed by atoms with Crippen LogP contribution in [0.2, 0.25) is 5.02 Å². The van der Waals surface area contributed by atoms with Crippen molar-refractivity contribution in [3.8, 4) is 0 Å². The van der Waals surface area contributed by atoms with Crippen molar-refractivity contribution in [2.24, 2.45) is 4.99 Å². The highest BCUT2D eigenvalue weighted by atomic mass is 127. The molecule has 1 heterocycles. The fourth-order valence-corrected chi connectivity index (χ4v) is 3.20. The first-order chi connectivity index (χ1) is 11.6. The number of guanidine groups is 1. The van der Waals surface area contributed by atoms with E-state index in [0.717, 1.165) is 42.6 Å². The van der Waals surface area contributed by atoms with Crippen molar-refractivity contribution in [1.82, 2.24) is 15.6 Å². The van der Waals surface area contributed by atoms with Crippen molar-refractivity contribution in [2.45, 2.75) is 32.6 Å². The highest BCUT2D eigenvalue weighted by Crippen LogP contribution is 2.19. The number of rotatable bonds is 7. The van der Waals surface area contributed by atoms with E-state index in [4.69, 9.17) is 11.6 Å². The second-order valence-corrected chi connectivity index (χ2v) is 7.21. The Hall–Kier alpha value is -0.860. The summed E-state index contributed by atoms with van der Waals surface area (Å²) in [7, 11) is 1.79. The number of halogens is 2. The van der Waals surface area contributed by atoms with Gasteiger partial charge in [0.05, 0.1) is 10.7 Å². The summed E-state index contributed by atoms with van der Waals surface area (Å²) in [4.78, 5) is 8.90. The van der Waals surface area contributed by atoms with Gasteiger partial charge in [0.25, 0.3) is 0 Å². The molecule has 0 aliphatic rings. The molecule has 0 unspecified atom stereocenters. The van der Waals surface area contributed by atoms with Gasteiger partial charge in [-0.05, 0) is 24.1 Å². The first kappa shape index (κ1) is 22.2. The molecule has 138 valence electrons. The minimum Gasteiger partial charge on any atom is -0.356 e. The molecule has 0 saturated carbocycles. The number of hydrogen-bond acceptors (Lipinski definition) is 3. The molecule has 7 heteroatoms. The third kappa shape index (κ3) is 7.92.